The molecule has 0 spiro atoms. The minimum atomic E-state index is -3.53. The molecular weight excluding hydrogens is 390 g/mol. The maximum Gasteiger partial charge on any atom is 0.254 e. The van der Waals surface area contributed by atoms with E-state index >= 15 is 0 Å². The topological polar surface area (TPSA) is 79.0 Å². The standard InChI is InChI=1S/C18H27N3O4S.ClH/c1-25-18(8-10-19-11-9-18)17(22)20-12-5-13-21(15-14-20)26(23,24)16-6-3-2-4-7-16;/h2-4,6-7,19H,5,8-15H2,1H3;1H. The number of methoxy groups -OCH3 is 1. The van der Waals surface area contributed by atoms with Gasteiger partial charge in [0, 0.05) is 33.3 Å². The molecule has 3 rings (SSSR count). The summed E-state index contributed by atoms with van der Waals surface area (Å²) in [4.78, 5) is 15.2. The van der Waals surface area contributed by atoms with Crippen LogP contribution in [0, 0.1) is 0 Å². The van der Waals surface area contributed by atoms with Gasteiger partial charge in [-0.2, -0.15) is 4.31 Å². The van der Waals surface area contributed by atoms with E-state index in [1.807, 2.05) is 0 Å². The van der Waals surface area contributed by atoms with Crippen LogP contribution in [0.2, 0.25) is 0 Å². The van der Waals surface area contributed by atoms with E-state index in [9.17, 15) is 13.2 Å². The van der Waals surface area contributed by atoms with Crippen molar-refractivity contribution in [2.75, 3.05) is 46.4 Å². The number of nitrogens with one attached hydrogen (secondary N) is 1. The van der Waals surface area contributed by atoms with E-state index in [0.717, 1.165) is 13.1 Å². The van der Waals surface area contributed by atoms with Gasteiger partial charge in [0.15, 0.2) is 0 Å². The number of carbonyl (C=O) groups excluding carboxylic acids is 1. The van der Waals surface area contributed by atoms with E-state index in [1.165, 1.54) is 4.31 Å². The van der Waals surface area contributed by atoms with Crippen LogP contribution in [0.25, 0.3) is 0 Å². The number of ether oxygens (including phenoxy) is 1. The zero-order valence-electron chi connectivity index (χ0n) is 15.6. The van der Waals surface area contributed by atoms with Crippen LogP contribution in [-0.4, -0.2) is 75.5 Å². The molecule has 27 heavy (non-hydrogen) atoms. The largest absolute Gasteiger partial charge is 0.368 e. The van der Waals surface area contributed by atoms with Crippen LogP contribution < -0.4 is 5.32 Å². The molecule has 1 N–H and O–H groups in total. The summed E-state index contributed by atoms with van der Waals surface area (Å²) in [7, 11) is -1.94. The summed E-state index contributed by atoms with van der Waals surface area (Å²) in [6.45, 7) is 3.18. The fourth-order valence-corrected chi connectivity index (χ4v) is 5.19. The number of benzene rings is 1. The van der Waals surface area contributed by atoms with Crippen LogP contribution in [0.15, 0.2) is 35.2 Å². The summed E-state index contributed by atoms with van der Waals surface area (Å²) in [5, 5.41) is 3.25. The summed E-state index contributed by atoms with van der Waals surface area (Å²) in [6, 6.07) is 8.46. The molecular formula is C18H28ClN3O4S. The molecule has 0 bridgehead atoms. The first-order valence-electron chi connectivity index (χ1n) is 9.10. The smallest absolute Gasteiger partial charge is 0.254 e. The maximum atomic E-state index is 13.1. The Morgan fingerprint density at radius 1 is 1.07 bits per heavy atom. The zero-order chi connectivity index (χ0) is 18.6. The predicted molar refractivity (Wildman–Crippen MR) is 105 cm³/mol. The minimum absolute atomic E-state index is 0. The third-order valence-electron chi connectivity index (χ3n) is 5.31. The first-order chi connectivity index (χ1) is 12.5. The highest BCUT2D eigenvalue weighted by Gasteiger charge is 2.43. The first-order valence-corrected chi connectivity index (χ1v) is 10.5. The van der Waals surface area contributed by atoms with E-state index in [4.69, 9.17) is 4.74 Å². The monoisotopic (exact) mass is 417 g/mol. The lowest BCUT2D eigenvalue weighted by atomic mass is 9.90. The summed E-state index contributed by atoms with van der Waals surface area (Å²) in [5.41, 5.74) is -0.779. The van der Waals surface area contributed by atoms with Gasteiger partial charge < -0.3 is 15.0 Å². The Bertz CT molecular complexity index is 723. The molecule has 0 aliphatic carbocycles. The van der Waals surface area contributed by atoms with Crippen molar-refractivity contribution in [3.63, 3.8) is 0 Å². The molecule has 1 aromatic rings. The number of halogens is 1. The van der Waals surface area contributed by atoms with Gasteiger partial charge in [0.2, 0.25) is 10.0 Å². The average Bonchev–Trinajstić information content (AvgIpc) is 2.95. The number of rotatable bonds is 4. The van der Waals surface area contributed by atoms with Crippen LogP contribution in [0.3, 0.4) is 0 Å². The van der Waals surface area contributed by atoms with Gasteiger partial charge in [-0.1, -0.05) is 18.2 Å². The van der Waals surface area contributed by atoms with Crippen molar-refractivity contribution >= 4 is 28.3 Å². The lowest BCUT2D eigenvalue weighted by Gasteiger charge is -2.38. The molecule has 0 unspecified atom stereocenters. The highest BCUT2D eigenvalue weighted by molar-refractivity contribution is 7.89. The average molecular weight is 418 g/mol. The number of hydrogen-bond acceptors (Lipinski definition) is 5. The molecule has 2 fully saturated rings. The third-order valence-corrected chi connectivity index (χ3v) is 7.23. The van der Waals surface area contributed by atoms with Crippen molar-refractivity contribution in [2.45, 2.75) is 29.8 Å². The quantitative estimate of drug-likeness (QED) is 0.793. The van der Waals surface area contributed by atoms with Gasteiger partial charge in [0.25, 0.3) is 5.91 Å². The maximum absolute atomic E-state index is 13.1. The first kappa shape index (κ1) is 22.1. The zero-order valence-corrected chi connectivity index (χ0v) is 17.2. The molecule has 152 valence electrons. The molecule has 0 saturated carbocycles. The van der Waals surface area contributed by atoms with Gasteiger partial charge in [-0.3, -0.25) is 4.79 Å². The Morgan fingerprint density at radius 2 is 1.74 bits per heavy atom. The van der Waals surface area contributed by atoms with Gasteiger partial charge in [-0.25, -0.2) is 8.42 Å². The fourth-order valence-electron chi connectivity index (χ4n) is 3.70. The molecule has 1 amide bonds. The number of nitrogens with zero attached hydrogens (tertiary/aromatic N) is 2. The van der Waals surface area contributed by atoms with Crippen molar-refractivity contribution in [2.24, 2.45) is 0 Å². The highest BCUT2D eigenvalue weighted by Crippen LogP contribution is 2.26. The number of piperidine rings is 1. The predicted octanol–water partition coefficient (Wildman–Crippen LogP) is 1.10. The van der Waals surface area contributed by atoms with Gasteiger partial charge in [-0.05, 0) is 44.5 Å². The Hall–Kier alpha value is -1.19. The molecule has 7 nitrogen and oxygen atoms in total. The van der Waals surface area contributed by atoms with Gasteiger partial charge in [0.1, 0.15) is 5.60 Å². The SMILES string of the molecule is COC1(C(=O)N2CCCN(S(=O)(=O)c3ccccc3)CC2)CCNCC1.Cl. The van der Waals surface area contributed by atoms with E-state index in [1.54, 1.807) is 42.3 Å². The second kappa shape index (κ2) is 9.34. The second-order valence-corrected chi connectivity index (χ2v) is 8.75. The molecule has 2 aliphatic rings. The Labute approximate surface area is 167 Å². The fraction of sp³-hybridized carbons (Fsp3) is 0.611. The molecule has 0 radical (unpaired) electrons. The number of sulfonamides is 1. The van der Waals surface area contributed by atoms with Crippen molar-refractivity contribution in [1.82, 2.24) is 14.5 Å². The van der Waals surface area contributed by atoms with Crippen molar-refractivity contribution in [1.29, 1.82) is 0 Å². The van der Waals surface area contributed by atoms with Crippen LogP contribution in [0.4, 0.5) is 0 Å². The number of amides is 1. The lowest BCUT2D eigenvalue weighted by molar-refractivity contribution is -0.158. The van der Waals surface area contributed by atoms with E-state index in [0.29, 0.717) is 50.3 Å². The minimum Gasteiger partial charge on any atom is -0.368 e. The van der Waals surface area contributed by atoms with Crippen LogP contribution in [0.1, 0.15) is 19.3 Å². The Kier molecular flexibility index (Phi) is 7.64. The molecule has 1 aromatic carbocycles. The summed E-state index contributed by atoms with van der Waals surface area (Å²) in [6.07, 6.45) is 1.91. The van der Waals surface area contributed by atoms with Crippen molar-refractivity contribution < 1.29 is 17.9 Å². The van der Waals surface area contributed by atoms with Crippen molar-refractivity contribution in [3.8, 4) is 0 Å². The van der Waals surface area contributed by atoms with E-state index < -0.39 is 15.6 Å². The lowest BCUT2D eigenvalue weighted by Crippen LogP contribution is -2.56. The number of hydrogen-bond donors (Lipinski definition) is 1. The molecule has 2 saturated heterocycles. The molecule has 9 heteroatoms. The number of carbonyl (C=O) groups is 1. The normalized spacial score (nSPS) is 21.1. The second-order valence-electron chi connectivity index (χ2n) is 6.81. The van der Waals surface area contributed by atoms with E-state index in [2.05, 4.69) is 5.32 Å². The highest BCUT2D eigenvalue weighted by atomic mass is 35.5. The molecule has 0 aromatic heterocycles. The summed E-state index contributed by atoms with van der Waals surface area (Å²) >= 11 is 0. The van der Waals surface area contributed by atoms with Crippen LogP contribution in [-0.2, 0) is 19.6 Å². The Morgan fingerprint density at radius 3 is 2.37 bits per heavy atom. The summed E-state index contributed by atoms with van der Waals surface area (Å²) in [5.74, 6) is -0.0135. The van der Waals surface area contributed by atoms with Gasteiger partial charge in [0.05, 0.1) is 4.90 Å². The van der Waals surface area contributed by atoms with Gasteiger partial charge in [-0.15, -0.1) is 12.4 Å². The van der Waals surface area contributed by atoms with Crippen molar-refractivity contribution in [3.05, 3.63) is 30.3 Å². The summed E-state index contributed by atoms with van der Waals surface area (Å²) < 4.78 is 32.8. The van der Waals surface area contributed by atoms with E-state index in [-0.39, 0.29) is 18.3 Å². The van der Waals surface area contributed by atoms with Crippen LogP contribution in [0.5, 0.6) is 0 Å². The van der Waals surface area contributed by atoms with Crippen LogP contribution >= 0.6 is 12.4 Å². The Balaban J connectivity index is 0.00000261. The molecule has 2 heterocycles. The molecule has 0 atom stereocenters. The van der Waals surface area contributed by atoms with Gasteiger partial charge >= 0.3 is 0 Å². The molecule has 2 aliphatic heterocycles. The third kappa shape index (κ3) is 4.63.